The van der Waals surface area contributed by atoms with Crippen LogP contribution in [0.3, 0.4) is 0 Å². The number of carbonyl (C=O) groups is 1. The summed E-state index contributed by atoms with van der Waals surface area (Å²) in [5.74, 6) is 0.554. The Bertz CT molecular complexity index is 1030. The second kappa shape index (κ2) is 9.36. The number of carbonyl (C=O) groups excluding carboxylic acids is 1. The second-order valence-corrected chi connectivity index (χ2v) is 7.77. The Kier molecular flexibility index (Phi) is 6.84. The van der Waals surface area contributed by atoms with E-state index >= 15 is 0 Å². The van der Waals surface area contributed by atoms with Crippen molar-refractivity contribution in [2.45, 2.75) is 19.9 Å². The van der Waals surface area contributed by atoms with Crippen molar-refractivity contribution in [3.05, 3.63) is 57.7 Å². The van der Waals surface area contributed by atoms with E-state index in [-0.39, 0.29) is 11.7 Å². The van der Waals surface area contributed by atoms with Crippen LogP contribution in [0.2, 0.25) is 0 Å². The molecule has 3 rings (SSSR count). The first kappa shape index (κ1) is 21.9. The fraction of sp³-hybridized carbons (Fsp3) is 0.238. The van der Waals surface area contributed by atoms with Crippen molar-refractivity contribution in [1.29, 1.82) is 0 Å². The van der Waals surface area contributed by atoms with Gasteiger partial charge in [-0.25, -0.2) is 0 Å². The molecule has 4 N–H and O–H groups in total. The molecule has 0 fully saturated rings. The maximum atomic E-state index is 13.3. The van der Waals surface area contributed by atoms with Gasteiger partial charge in [0.1, 0.15) is 5.75 Å². The van der Waals surface area contributed by atoms with Crippen LogP contribution in [-0.4, -0.2) is 29.8 Å². The number of para-hydroxylation sites is 2. The highest BCUT2D eigenvalue weighted by Gasteiger charge is 2.31. The minimum atomic E-state index is -0.551. The summed E-state index contributed by atoms with van der Waals surface area (Å²) < 4.78 is 11.3. The van der Waals surface area contributed by atoms with E-state index < -0.39 is 6.04 Å². The number of amides is 1. The van der Waals surface area contributed by atoms with Crippen molar-refractivity contribution in [2.75, 3.05) is 19.0 Å². The van der Waals surface area contributed by atoms with Crippen LogP contribution in [0.4, 0.5) is 5.69 Å². The van der Waals surface area contributed by atoms with Gasteiger partial charge in [-0.15, -0.1) is 0 Å². The number of ether oxygens (including phenoxy) is 2. The van der Waals surface area contributed by atoms with Gasteiger partial charge in [0.15, 0.2) is 16.6 Å². The summed E-state index contributed by atoms with van der Waals surface area (Å²) in [6.45, 7) is 4.00. The van der Waals surface area contributed by atoms with Crippen LogP contribution in [0.25, 0.3) is 0 Å². The molecule has 158 valence electrons. The highest BCUT2D eigenvalue weighted by Crippen LogP contribution is 2.39. The molecule has 7 nitrogen and oxygen atoms in total. The molecule has 1 atom stereocenters. The molecular weight excluding hydrogens is 470 g/mol. The number of rotatable bonds is 6. The number of phenolic OH excluding ortho intramolecular Hbond substituents is 1. The number of halogens is 1. The van der Waals surface area contributed by atoms with Gasteiger partial charge in [0.05, 0.1) is 35.5 Å². The van der Waals surface area contributed by atoms with Crippen LogP contribution < -0.4 is 25.4 Å². The Labute approximate surface area is 188 Å². The van der Waals surface area contributed by atoms with Crippen molar-refractivity contribution in [2.24, 2.45) is 0 Å². The van der Waals surface area contributed by atoms with Crippen LogP contribution in [0.15, 0.2) is 52.1 Å². The SMILES string of the molecule is CCOc1cc([C@@H]2NC(=S)NC(C)=C2C(=O)Nc2ccccc2OC)cc(Br)c1O. The third-order valence-electron chi connectivity index (χ3n) is 4.55. The van der Waals surface area contributed by atoms with E-state index in [0.29, 0.717) is 50.2 Å². The molecule has 1 heterocycles. The highest BCUT2D eigenvalue weighted by molar-refractivity contribution is 9.10. The molecule has 0 spiro atoms. The predicted molar refractivity (Wildman–Crippen MR) is 123 cm³/mol. The number of methoxy groups -OCH3 is 1. The molecule has 30 heavy (non-hydrogen) atoms. The lowest BCUT2D eigenvalue weighted by molar-refractivity contribution is -0.113. The maximum Gasteiger partial charge on any atom is 0.255 e. The molecule has 1 aliphatic rings. The van der Waals surface area contributed by atoms with Gasteiger partial charge in [0.25, 0.3) is 5.91 Å². The van der Waals surface area contributed by atoms with E-state index in [0.717, 1.165) is 0 Å². The van der Waals surface area contributed by atoms with Gasteiger partial charge in [-0.2, -0.15) is 0 Å². The van der Waals surface area contributed by atoms with Crippen molar-refractivity contribution in [3.63, 3.8) is 0 Å². The fourth-order valence-corrected chi connectivity index (χ4v) is 3.94. The predicted octanol–water partition coefficient (Wildman–Crippen LogP) is 3.99. The normalized spacial score (nSPS) is 15.9. The zero-order valence-corrected chi connectivity index (χ0v) is 19.1. The van der Waals surface area contributed by atoms with Crippen molar-refractivity contribution in [3.8, 4) is 17.2 Å². The van der Waals surface area contributed by atoms with Crippen molar-refractivity contribution < 1.29 is 19.4 Å². The van der Waals surface area contributed by atoms with E-state index in [4.69, 9.17) is 21.7 Å². The molecule has 1 amide bonds. The average molecular weight is 492 g/mol. The number of aromatic hydroxyl groups is 1. The van der Waals surface area contributed by atoms with E-state index in [1.165, 1.54) is 0 Å². The lowest BCUT2D eigenvalue weighted by Crippen LogP contribution is -2.45. The van der Waals surface area contributed by atoms with E-state index in [1.54, 1.807) is 38.3 Å². The molecular formula is C21H22BrN3O4S. The number of benzene rings is 2. The molecule has 0 radical (unpaired) electrons. The Balaban J connectivity index is 2.02. The molecule has 0 aliphatic carbocycles. The van der Waals surface area contributed by atoms with Crippen molar-refractivity contribution in [1.82, 2.24) is 10.6 Å². The Morgan fingerprint density at radius 3 is 2.73 bits per heavy atom. The fourth-order valence-electron chi connectivity index (χ4n) is 3.21. The molecule has 0 bridgehead atoms. The van der Waals surface area contributed by atoms with Gasteiger partial charge in [0.2, 0.25) is 0 Å². The molecule has 2 aromatic carbocycles. The second-order valence-electron chi connectivity index (χ2n) is 6.51. The molecule has 1 aliphatic heterocycles. The molecule has 0 unspecified atom stereocenters. The minimum Gasteiger partial charge on any atom is -0.503 e. The standard InChI is InChI=1S/C21H22BrN3O4S/c1-4-29-16-10-12(9-13(22)19(16)26)18-17(11(2)23-21(30)25-18)20(27)24-14-7-5-6-8-15(14)28-3/h5-10,18,26H,4H2,1-3H3,(H,24,27)(H2,23,25,30)/t18-/m0/s1. The summed E-state index contributed by atoms with van der Waals surface area (Å²) in [7, 11) is 1.55. The lowest BCUT2D eigenvalue weighted by Gasteiger charge is -2.31. The van der Waals surface area contributed by atoms with Gasteiger partial charge in [0, 0.05) is 5.70 Å². The first-order valence-electron chi connectivity index (χ1n) is 9.23. The summed E-state index contributed by atoms with van der Waals surface area (Å²) in [4.78, 5) is 13.3. The smallest absolute Gasteiger partial charge is 0.255 e. The van der Waals surface area contributed by atoms with Crippen LogP contribution in [0.5, 0.6) is 17.2 Å². The number of allylic oxidation sites excluding steroid dienone is 1. The third kappa shape index (κ3) is 4.52. The van der Waals surface area contributed by atoms with Crippen LogP contribution in [-0.2, 0) is 4.79 Å². The highest BCUT2D eigenvalue weighted by atomic mass is 79.9. The average Bonchev–Trinajstić information content (AvgIpc) is 2.71. The zero-order chi connectivity index (χ0) is 21.8. The molecule has 9 heteroatoms. The quantitative estimate of drug-likeness (QED) is 0.454. The Hall–Kier alpha value is -2.78. The number of nitrogens with one attached hydrogen (secondary N) is 3. The van der Waals surface area contributed by atoms with Gasteiger partial charge < -0.3 is 30.5 Å². The monoisotopic (exact) mass is 491 g/mol. The van der Waals surface area contributed by atoms with Gasteiger partial charge in [-0.3, -0.25) is 4.79 Å². The number of hydrogen-bond donors (Lipinski definition) is 4. The summed E-state index contributed by atoms with van der Waals surface area (Å²) in [5, 5.41) is 19.7. The van der Waals surface area contributed by atoms with Gasteiger partial charge in [-0.05, 0) is 71.8 Å². The first-order valence-corrected chi connectivity index (χ1v) is 10.4. The number of anilines is 1. The minimum absolute atomic E-state index is 0.00200. The third-order valence-corrected chi connectivity index (χ3v) is 5.38. The van der Waals surface area contributed by atoms with E-state index in [1.807, 2.05) is 19.1 Å². The van der Waals surface area contributed by atoms with Crippen LogP contribution >= 0.6 is 28.1 Å². The zero-order valence-electron chi connectivity index (χ0n) is 16.7. The van der Waals surface area contributed by atoms with Crippen LogP contribution in [0.1, 0.15) is 25.5 Å². The van der Waals surface area contributed by atoms with E-state index in [9.17, 15) is 9.90 Å². The maximum absolute atomic E-state index is 13.3. The summed E-state index contributed by atoms with van der Waals surface area (Å²) in [6, 6.07) is 10.0. The van der Waals surface area contributed by atoms with Gasteiger partial charge >= 0.3 is 0 Å². The number of thiocarbonyl (C=S) groups is 1. The molecule has 0 saturated carbocycles. The van der Waals surface area contributed by atoms with Gasteiger partial charge in [-0.1, -0.05) is 12.1 Å². The molecule has 0 saturated heterocycles. The summed E-state index contributed by atoms with van der Waals surface area (Å²) in [5.41, 5.74) is 2.34. The molecule has 2 aromatic rings. The topological polar surface area (TPSA) is 91.9 Å². The summed E-state index contributed by atoms with van der Waals surface area (Å²) in [6.07, 6.45) is 0. The Morgan fingerprint density at radius 2 is 2.03 bits per heavy atom. The lowest BCUT2D eigenvalue weighted by atomic mass is 9.94. The van der Waals surface area contributed by atoms with Crippen LogP contribution in [0, 0.1) is 0 Å². The number of hydrogen-bond acceptors (Lipinski definition) is 5. The molecule has 0 aromatic heterocycles. The van der Waals surface area contributed by atoms with E-state index in [2.05, 4.69) is 31.9 Å². The summed E-state index contributed by atoms with van der Waals surface area (Å²) >= 11 is 8.66. The van der Waals surface area contributed by atoms with Crippen molar-refractivity contribution >= 4 is 44.9 Å². The Morgan fingerprint density at radius 1 is 1.30 bits per heavy atom. The first-order chi connectivity index (χ1) is 14.3. The largest absolute Gasteiger partial charge is 0.503 e. The number of phenols is 1.